The van der Waals surface area contributed by atoms with Crippen LogP contribution in [0.25, 0.3) is 0 Å². The standard InChI is InChI=1S/C12H17FN2O2/c1-4-14-12(16)15(2)8-9-5-6-11(17-3)10(13)7-9/h5-7H,4,8H2,1-3H3,(H,14,16). The number of halogens is 1. The molecule has 0 aliphatic carbocycles. The number of carbonyl (C=O) groups is 1. The lowest BCUT2D eigenvalue weighted by molar-refractivity contribution is 0.207. The summed E-state index contributed by atoms with van der Waals surface area (Å²) >= 11 is 0. The molecule has 0 unspecified atom stereocenters. The highest BCUT2D eigenvalue weighted by Crippen LogP contribution is 2.18. The Labute approximate surface area is 100 Å². The number of hydrogen-bond donors (Lipinski definition) is 1. The van der Waals surface area contributed by atoms with Crippen molar-refractivity contribution in [2.45, 2.75) is 13.5 Å². The van der Waals surface area contributed by atoms with Gasteiger partial charge < -0.3 is 15.0 Å². The van der Waals surface area contributed by atoms with Gasteiger partial charge in [0.15, 0.2) is 11.6 Å². The molecule has 17 heavy (non-hydrogen) atoms. The highest BCUT2D eigenvalue weighted by molar-refractivity contribution is 5.73. The van der Waals surface area contributed by atoms with Crippen molar-refractivity contribution in [3.8, 4) is 5.75 Å². The van der Waals surface area contributed by atoms with Gasteiger partial charge in [-0.05, 0) is 24.6 Å². The molecule has 2 amide bonds. The zero-order valence-corrected chi connectivity index (χ0v) is 10.3. The van der Waals surface area contributed by atoms with Gasteiger partial charge in [0.2, 0.25) is 0 Å². The molecule has 5 heteroatoms. The lowest BCUT2D eigenvalue weighted by Crippen LogP contribution is -2.36. The molecule has 1 aromatic carbocycles. The van der Waals surface area contributed by atoms with Gasteiger partial charge in [0.05, 0.1) is 7.11 Å². The van der Waals surface area contributed by atoms with Gasteiger partial charge in [-0.3, -0.25) is 0 Å². The van der Waals surface area contributed by atoms with Gasteiger partial charge in [-0.1, -0.05) is 6.07 Å². The Morgan fingerprint density at radius 2 is 2.24 bits per heavy atom. The summed E-state index contributed by atoms with van der Waals surface area (Å²) in [4.78, 5) is 12.9. The third-order valence-electron chi connectivity index (χ3n) is 2.31. The average Bonchev–Trinajstić information content (AvgIpc) is 2.29. The molecule has 1 aromatic rings. The van der Waals surface area contributed by atoms with E-state index in [2.05, 4.69) is 5.32 Å². The van der Waals surface area contributed by atoms with Gasteiger partial charge in [0.1, 0.15) is 0 Å². The van der Waals surface area contributed by atoms with Crippen LogP contribution in [0.15, 0.2) is 18.2 Å². The van der Waals surface area contributed by atoms with E-state index in [0.29, 0.717) is 13.1 Å². The van der Waals surface area contributed by atoms with Gasteiger partial charge in [-0.25, -0.2) is 9.18 Å². The minimum absolute atomic E-state index is 0.177. The van der Waals surface area contributed by atoms with Crippen molar-refractivity contribution in [2.75, 3.05) is 20.7 Å². The van der Waals surface area contributed by atoms with E-state index in [0.717, 1.165) is 5.56 Å². The van der Waals surface area contributed by atoms with Crippen LogP contribution in [-0.4, -0.2) is 31.6 Å². The molecule has 0 fully saturated rings. The van der Waals surface area contributed by atoms with Crippen LogP contribution in [0.4, 0.5) is 9.18 Å². The fourth-order valence-corrected chi connectivity index (χ4v) is 1.44. The fraction of sp³-hybridized carbons (Fsp3) is 0.417. The van der Waals surface area contributed by atoms with E-state index in [4.69, 9.17) is 4.74 Å². The van der Waals surface area contributed by atoms with Crippen molar-refractivity contribution < 1.29 is 13.9 Å². The molecule has 0 saturated carbocycles. The minimum Gasteiger partial charge on any atom is -0.494 e. The summed E-state index contributed by atoms with van der Waals surface area (Å²) in [6.07, 6.45) is 0. The maximum Gasteiger partial charge on any atom is 0.317 e. The maximum absolute atomic E-state index is 13.4. The summed E-state index contributed by atoms with van der Waals surface area (Å²) in [7, 11) is 3.08. The number of nitrogens with one attached hydrogen (secondary N) is 1. The van der Waals surface area contributed by atoms with E-state index < -0.39 is 5.82 Å². The van der Waals surface area contributed by atoms with E-state index in [-0.39, 0.29) is 11.8 Å². The molecular weight excluding hydrogens is 223 g/mol. The number of hydrogen-bond acceptors (Lipinski definition) is 2. The summed E-state index contributed by atoms with van der Waals surface area (Å²) in [5.74, 6) is -0.219. The predicted molar refractivity (Wildman–Crippen MR) is 63.5 cm³/mol. The van der Waals surface area contributed by atoms with Gasteiger partial charge >= 0.3 is 6.03 Å². The SMILES string of the molecule is CCNC(=O)N(C)Cc1ccc(OC)c(F)c1. The number of amides is 2. The van der Waals surface area contributed by atoms with Crippen LogP contribution < -0.4 is 10.1 Å². The molecule has 94 valence electrons. The largest absolute Gasteiger partial charge is 0.494 e. The zero-order valence-electron chi connectivity index (χ0n) is 10.3. The monoisotopic (exact) mass is 240 g/mol. The van der Waals surface area contributed by atoms with Crippen molar-refractivity contribution in [3.05, 3.63) is 29.6 Å². The van der Waals surface area contributed by atoms with Crippen LogP contribution >= 0.6 is 0 Å². The molecule has 0 aromatic heterocycles. The normalized spacial score (nSPS) is 9.88. The molecule has 1 N–H and O–H groups in total. The molecular formula is C12H17FN2O2. The number of ether oxygens (including phenoxy) is 1. The number of nitrogens with zero attached hydrogens (tertiary/aromatic N) is 1. The molecule has 1 rings (SSSR count). The maximum atomic E-state index is 13.4. The second-order valence-electron chi connectivity index (χ2n) is 3.66. The Hall–Kier alpha value is -1.78. The topological polar surface area (TPSA) is 41.6 Å². The van der Waals surface area contributed by atoms with E-state index in [9.17, 15) is 9.18 Å². The van der Waals surface area contributed by atoms with E-state index in [1.54, 1.807) is 19.2 Å². The van der Waals surface area contributed by atoms with E-state index >= 15 is 0 Å². The number of urea groups is 1. The molecule has 0 aliphatic heterocycles. The minimum atomic E-state index is -0.422. The Bertz CT molecular complexity index is 396. The number of carbonyl (C=O) groups excluding carboxylic acids is 1. The van der Waals surface area contributed by atoms with Crippen molar-refractivity contribution in [1.29, 1.82) is 0 Å². The Morgan fingerprint density at radius 1 is 1.53 bits per heavy atom. The molecule has 0 heterocycles. The first-order chi connectivity index (χ1) is 8.08. The first-order valence-electron chi connectivity index (χ1n) is 5.39. The number of benzene rings is 1. The predicted octanol–water partition coefficient (Wildman–Crippen LogP) is 2.00. The number of rotatable bonds is 4. The summed E-state index contributed by atoms with van der Waals surface area (Å²) in [6, 6.07) is 4.48. The van der Waals surface area contributed by atoms with E-state index in [1.807, 2.05) is 6.92 Å². The highest BCUT2D eigenvalue weighted by atomic mass is 19.1. The molecule has 0 saturated heterocycles. The van der Waals surface area contributed by atoms with Gasteiger partial charge in [0.25, 0.3) is 0 Å². The van der Waals surface area contributed by atoms with Crippen LogP contribution in [0.3, 0.4) is 0 Å². The van der Waals surface area contributed by atoms with Gasteiger partial charge in [0, 0.05) is 20.1 Å². The Kier molecular flexibility index (Phi) is 4.75. The van der Waals surface area contributed by atoms with Crippen molar-refractivity contribution in [2.24, 2.45) is 0 Å². The van der Waals surface area contributed by atoms with Crippen molar-refractivity contribution in [3.63, 3.8) is 0 Å². The summed E-state index contributed by atoms with van der Waals surface area (Å²) < 4.78 is 18.2. The third kappa shape index (κ3) is 3.62. The molecule has 0 spiro atoms. The quantitative estimate of drug-likeness (QED) is 0.874. The second-order valence-corrected chi connectivity index (χ2v) is 3.66. The smallest absolute Gasteiger partial charge is 0.317 e. The summed E-state index contributed by atoms with van der Waals surface area (Å²) in [6.45, 7) is 2.77. The molecule has 0 aliphatic rings. The lowest BCUT2D eigenvalue weighted by atomic mass is 10.2. The highest BCUT2D eigenvalue weighted by Gasteiger charge is 2.09. The van der Waals surface area contributed by atoms with Crippen LogP contribution in [0.5, 0.6) is 5.75 Å². The molecule has 0 bridgehead atoms. The average molecular weight is 240 g/mol. The summed E-state index contributed by atoms with van der Waals surface area (Å²) in [5, 5.41) is 2.67. The van der Waals surface area contributed by atoms with Crippen LogP contribution in [0, 0.1) is 5.82 Å². The molecule has 0 atom stereocenters. The number of methoxy groups -OCH3 is 1. The van der Waals surface area contributed by atoms with E-state index in [1.165, 1.54) is 18.1 Å². The zero-order chi connectivity index (χ0) is 12.8. The molecule has 0 radical (unpaired) electrons. The van der Waals surface area contributed by atoms with Gasteiger partial charge in [-0.2, -0.15) is 0 Å². The Balaban J connectivity index is 2.68. The van der Waals surface area contributed by atoms with Crippen molar-refractivity contribution >= 4 is 6.03 Å². The lowest BCUT2D eigenvalue weighted by Gasteiger charge is -2.17. The first-order valence-corrected chi connectivity index (χ1v) is 5.39. The second kappa shape index (κ2) is 6.08. The Morgan fingerprint density at radius 3 is 2.76 bits per heavy atom. The van der Waals surface area contributed by atoms with Crippen LogP contribution in [0.2, 0.25) is 0 Å². The third-order valence-corrected chi connectivity index (χ3v) is 2.31. The first kappa shape index (κ1) is 13.3. The van der Waals surface area contributed by atoms with Crippen molar-refractivity contribution in [1.82, 2.24) is 10.2 Å². The molecule has 4 nitrogen and oxygen atoms in total. The van der Waals surface area contributed by atoms with Crippen LogP contribution in [0.1, 0.15) is 12.5 Å². The van der Waals surface area contributed by atoms with Crippen LogP contribution in [-0.2, 0) is 6.54 Å². The van der Waals surface area contributed by atoms with Gasteiger partial charge in [-0.15, -0.1) is 0 Å². The fourth-order valence-electron chi connectivity index (χ4n) is 1.44. The summed E-state index contributed by atoms with van der Waals surface area (Å²) in [5.41, 5.74) is 0.719.